The zero-order valence-electron chi connectivity index (χ0n) is 11.4. The van der Waals surface area contributed by atoms with Crippen LogP contribution in [0.5, 0.6) is 0 Å². The molecule has 0 aliphatic carbocycles. The minimum Gasteiger partial charge on any atom is -0.398 e. The maximum absolute atomic E-state index is 5.91. The molecule has 21 heavy (non-hydrogen) atoms. The maximum atomic E-state index is 5.91. The fourth-order valence-electron chi connectivity index (χ4n) is 2.04. The van der Waals surface area contributed by atoms with Crippen molar-refractivity contribution in [3.05, 3.63) is 47.1 Å². The van der Waals surface area contributed by atoms with Crippen molar-refractivity contribution in [1.29, 1.82) is 0 Å². The van der Waals surface area contributed by atoms with Crippen LogP contribution in [0.1, 0.15) is 12.5 Å². The second-order valence-corrected chi connectivity index (χ2v) is 4.93. The predicted octanol–water partition coefficient (Wildman–Crippen LogP) is 3.60. The van der Waals surface area contributed by atoms with E-state index in [1.165, 1.54) is 0 Å². The molecule has 106 valence electrons. The van der Waals surface area contributed by atoms with Crippen LogP contribution in [0.4, 0.5) is 5.69 Å². The summed E-state index contributed by atoms with van der Waals surface area (Å²) in [7, 11) is 0. The largest absolute Gasteiger partial charge is 0.398 e. The van der Waals surface area contributed by atoms with E-state index in [1.54, 1.807) is 24.4 Å². The molecule has 0 spiro atoms. The SMILES string of the molecule is CCc1cccnc1-c1noc(-c2ccc(Cl)c(N)c2)n1. The first-order valence-electron chi connectivity index (χ1n) is 6.52. The first-order chi connectivity index (χ1) is 10.2. The van der Waals surface area contributed by atoms with Crippen LogP contribution >= 0.6 is 11.6 Å². The van der Waals surface area contributed by atoms with Gasteiger partial charge < -0.3 is 10.3 Å². The number of hydrogen-bond acceptors (Lipinski definition) is 5. The van der Waals surface area contributed by atoms with E-state index in [2.05, 4.69) is 22.0 Å². The Morgan fingerprint density at radius 1 is 1.29 bits per heavy atom. The number of aromatic nitrogens is 3. The standard InChI is InChI=1S/C15H13ClN4O/c1-2-9-4-3-7-18-13(9)14-19-15(21-20-14)10-5-6-11(16)12(17)8-10/h3-8H,2,17H2,1H3. The molecule has 0 fully saturated rings. The van der Waals surface area contributed by atoms with Crippen molar-refractivity contribution in [2.24, 2.45) is 0 Å². The fraction of sp³-hybridized carbons (Fsp3) is 0.133. The molecule has 2 aromatic heterocycles. The molecule has 0 aliphatic rings. The summed E-state index contributed by atoms with van der Waals surface area (Å²) >= 11 is 5.91. The van der Waals surface area contributed by atoms with Gasteiger partial charge in [0.05, 0.1) is 10.7 Å². The third-order valence-corrected chi connectivity index (χ3v) is 3.50. The molecule has 0 atom stereocenters. The molecule has 0 radical (unpaired) electrons. The van der Waals surface area contributed by atoms with Crippen molar-refractivity contribution < 1.29 is 4.52 Å². The highest BCUT2D eigenvalue weighted by molar-refractivity contribution is 6.33. The van der Waals surface area contributed by atoms with E-state index < -0.39 is 0 Å². The molecule has 0 amide bonds. The van der Waals surface area contributed by atoms with E-state index in [0.29, 0.717) is 22.4 Å². The molecule has 0 unspecified atom stereocenters. The summed E-state index contributed by atoms with van der Waals surface area (Å²) in [6, 6.07) is 9.09. The number of halogens is 1. The van der Waals surface area contributed by atoms with E-state index >= 15 is 0 Å². The van der Waals surface area contributed by atoms with Crippen molar-refractivity contribution in [3.63, 3.8) is 0 Å². The minimum absolute atomic E-state index is 0.390. The van der Waals surface area contributed by atoms with E-state index in [0.717, 1.165) is 23.2 Å². The van der Waals surface area contributed by atoms with Crippen molar-refractivity contribution in [1.82, 2.24) is 15.1 Å². The van der Waals surface area contributed by atoms with Gasteiger partial charge >= 0.3 is 0 Å². The van der Waals surface area contributed by atoms with Crippen molar-refractivity contribution in [2.75, 3.05) is 5.73 Å². The molecule has 0 saturated carbocycles. The molecule has 3 aromatic rings. The summed E-state index contributed by atoms with van der Waals surface area (Å²) in [5.41, 5.74) is 8.79. The predicted molar refractivity (Wildman–Crippen MR) is 81.8 cm³/mol. The molecule has 0 saturated heterocycles. The van der Waals surface area contributed by atoms with Gasteiger partial charge in [0, 0.05) is 11.8 Å². The van der Waals surface area contributed by atoms with Crippen LogP contribution in [0.25, 0.3) is 23.0 Å². The van der Waals surface area contributed by atoms with Gasteiger partial charge in [-0.3, -0.25) is 4.98 Å². The van der Waals surface area contributed by atoms with Crippen LogP contribution in [-0.2, 0) is 6.42 Å². The van der Waals surface area contributed by atoms with E-state index in [9.17, 15) is 0 Å². The molecule has 2 N–H and O–H groups in total. The van der Waals surface area contributed by atoms with Gasteiger partial charge in [-0.15, -0.1) is 0 Å². The highest BCUT2D eigenvalue weighted by atomic mass is 35.5. The van der Waals surface area contributed by atoms with Crippen molar-refractivity contribution in [2.45, 2.75) is 13.3 Å². The number of pyridine rings is 1. The molecule has 3 rings (SSSR count). The lowest BCUT2D eigenvalue weighted by molar-refractivity contribution is 0.432. The Morgan fingerprint density at radius 3 is 2.90 bits per heavy atom. The van der Waals surface area contributed by atoms with E-state index in [4.69, 9.17) is 21.9 Å². The van der Waals surface area contributed by atoms with Crippen LogP contribution in [0, 0.1) is 0 Å². The molecule has 1 aromatic carbocycles. The summed E-state index contributed by atoms with van der Waals surface area (Å²) in [6.45, 7) is 2.06. The van der Waals surface area contributed by atoms with Crippen LogP contribution in [0.2, 0.25) is 5.02 Å². The highest BCUT2D eigenvalue weighted by Gasteiger charge is 2.14. The summed E-state index contributed by atoms with van der Waals surface area (Å²) < 4.78 is 5.30. The molecule has 6 heteroatoms. The lowest BCUT2D eigenvalue weighted by Crippen LogP contribution is -1.92. The molecular formula is C15H13ClN4O. The molecule has 0 aliphatic heterocycles. The number of nitrogens with zero attached hydrogens (tertiary/aromatic N) is 3. The molecule has 5 nitrogen and oxygen atoms in total. The van der Waals surface area contributed by atoms with Gasteiger partial charge in [-0.2, -0.15) is 4.98 Å². The second-order valence-electron chi connectivity index (χ2n) is 4.52. The van der Waals surface area contributed by atoms with Gasteiger partial charge in [0.1, 0.15) is 5.69 Å². The number of anilines is 1. The van der Waals surface area contributed by atoms with Gasteiger partial charge in [-0.25, -0.2) is 0 Å². The van der Waals surface area contributed by atoms with Crippen LogP contribution < -0.4 is 5.73 Å². The average Bonchev–Trinajstić information content (AvgIpc) is 2.99. The zero-order chi connectivity index (χ0) is 14.8. The van der Waals surface area contributed by atoms with Gasteiger partial charge in [-0.05, 0) is 36.2 Å². The summed E-state index contributed by atoms with van der Waals surface area (Å²) in [4.78, 5) is 8.72. The third-order valence-electron chi connectivity index (χ3n) is 3.15. The quantitative estimate of drug-likeness (QED) is 0.748. The van der Waals surface area contributed by atoms with Crippen molar-refractivity contribution in [3.8, 4) is 23.0 Å². The maximum Gasteiger partial charge on any atom is 0.258 e. The van der Waals surface area contributed by atoms with E-state index in [1.807, 2.05) is 12.1 Å². The summed E-state index contributed by atoms with van der Waals surface area (Å²) in [5.74, 6) is 0.858. The molecule has 2 heterocycles. The number of nitrogen functional groups attached to an aromatic ring is 1. The van der Waals surface area contributed by atoms with Gasteiger partial charge in [0.25, 0.3) is 5.89 Å². The lowest BCUT2D eigenvalue weighted by atomic mass is 10.1. The normalized spacial score (nSPS) is 10.8. The summed E-state index contributed by atoms with van der Waals surface area (Å²) in [5, 5.41) is 4.50. The Balaban J connectivity index is 2.01. The number of rotatable bonds is 3. The van der Waals surface area contributed by atoms with Gasteiger partial charge in [0.15, 0.2) is 0 Å². The zero-order valence-corrected chi connectivity index (χ0v) is 12.1. The van der Waals surface area contributed by atoms with Crippen molar-refractivity contribution >= 4 is 17.3 Å². The topological polar surface area (TPSA) is 77.8 Å². The summed E-state index contributed by atoms with van der Waals surface area (Å²) in [6.07, 6.45) is 2.56. The van der Waals surface area contributed by atoms with Gasteiger partial charge in [-0.1, -0.05) is 29.7 Å². The molecular weight excluding hydrogens is 288 g/mol. The number of benzene rings is 1. The Hall–Kier alpha value is -2.40. The fourth-order valence-corrected chi connectivity index (χ4v) is 2.16. The number of hydrogen-bond donors (Lipinski definition) is 1. The smallest absolute Gasteiger partial charge is 0.258 e. The first-order valence-corrected chi connectivity index (χ1v) is 6.90. The Kier molecular flexibility index (Phi) is 3.58. The van der Waals surface area contributed by atoms with Crippen LogP contribution in [0.3, 0.4) is 0 Å². The average molecular weight is 301 g/mol. The third kappa shape index (κ3) is 2.60. The van der Waals surface area contributed by atoms with Crippen LogP contribution in [0.15, 0.2) is 41.1 Å². The Bertz CT molecular complexity index is 785. The Morgan fingerprint density at radius 2 is 2.14 bits per heavy atom. The van der Waals surface area contributed by atoms with E-state index in [-0.39, 0.29) is 0 Å². The molecule has 0 bridgehead atoms. The first kappa shape index (κ1) is 13.6. The number of nitrogens with two attached hydrogens (primary N) is 1. The monoisotopic (exact) mass is 300 g/mol. The van der Waals surface area contributed by atoms with Gasteiger partial charge in [0.2, 0.25) is 5.82 Å². The van der Waals surface area contributed by atoms with Crippen LogP contribution in [-0.4, -0.2) is 15.1 Å². The lowest BCUT2D eigenvalue weighted by Gasteiger charge is -2.00. The number of aryl methyl sites for hydroxylation is 1. The highest BCUT2D eigenvalue weighted by Crippen LogP contribution is 2.27. The second kappa shape index (κ2) is 5.54. The Labute approximate surface area is 126 Å². The minimum atomic E-state index is 0.390.